The summed E-state index contributed by atoms with van der Waals surface area (Å²) in [6, 6.07) is 11.5. The summed E-state index contributed by atoms with van der Waals surface area (Å²) in [5, 5.41) is 4.34. The molecule has 0 unspecified atom stereocenters. The Balaban J connectivity index is 1.57. The zero-order valence-corrected chi connectivity index (χ0v) is 21.0. The van der Waals surface area contributed by atoms with Gasteiger partial charge < -0.3 is 10.3 Å². The molecule has 1 aliphatic heterocycles. The van der Waals surface area contributed by atoms with Gasteiger partial charge in [-0.3, -0.25) is 14.7 Å². The van der Waals surface area contributed by atoms with Crippen molar-refractivity contribution in [2.24, 2.45) is 0 Å². The Morgan fingerprint density at radius 2 is 1.76 bits per heavy atom. The van der Waals surface area contributed by atoms with Crippen LogP contribution >= 0.6 is 0 Å². The minimum absolute atomic E-state index is 0.132. The summed E-state index contributed by atoms with van der Waals surface area (Å²) in [5.41, 5.74) is 8.54. The van der Waals surface area contributed by atoms with Gasteiger partial charge in [0.05, 0.1) is 12.2 Å². The number of hydrogen-bond donors (Lipinski definition) is 2. The minimum atomic E-state index is 0.132. The number of piperidine rings is 1. The number of amides is 1. The lowest BCUT2D eigenvalue weighted by Crippen LogP contribution is -2.43. The van der Waals surface area contributed by atoms with Gasteiger partial charge in [0.2, 0.25) is 5.91 Å². The highest BCUT2D eigenvalue weighted by Crippen LogP contribution is 2.38. The van der Waals surface area contributed by atoms with E-state index in [1.54, 1.807) is 0 Å². The van der Waals surface area contributed by atoms with Gasteiger partial charge in [-0.15, -0.1) is 0 Å². The van der Waals surface area contributed by atoms with Gasteiger partial charge in [-0.25, -0.2) is 0 Å². The molecule has 3 heterocycles. The highest BCUT2D eigenvalue weighted by molar-refractivity contribution is 5.92. The lowest BCUT2D eigenvalue weighted by Gasteiger charge is -2.32. The van der Waals surface area contributed by atoms with Crippen molar-refractivity contribution >= 4 is 16.8 Å². The monoisotopic (exact) mass is 446 g/mol. The number of aromatic amines is 1. The van der Waals surface area contributed by atoms with Crippen molar-refractivity contribution in [1.82, 2.24) is 20.2 Å². The fourth-order valence-electron chi connectivity index (χ4n) is 5.29. The lowest BCUT2D eigenvalue weighted by molar-refractivity contribution is -0.123. The highest BCUT2D eigenvalue weighted by atomic mass is 16.2. The maximum Gasteiger partial charge on any atom is 0.234 e. The zero-order chi connectivity index (χ0) is 23.7. The van der Waals surface area contributed by atoms with Crippen molar-refractivity contribution in [3.05, 3.63) is 52.8 Å². The number of carbonyl (C=O) groups is 1. The zero-order valence-electron chi connectivity index (χ0n) is 21.0. The molecule has 1 saturated heterocycles. The van der Waals surface area contributed by atoms with Gasteiger partial charge in [0.25, 0.3) is 0 Å². The second-order valence-corrected chi connectivity index (χ2v) is 10.3. The molecule has 0 atom stereocenters. The number of H-pyrrole nitrogens is 1. The van der Waals surface area contributed by atoms with E-state index in [9.17, 15) is 4.79 Å². The maximum atomic E-state index is 12.1. The largest absolute Gasteiger partial charge is 0.354 e. The number of pyridine rings is 1. The third-order valence-corrected chi connectivity index (χ3v) is 6.69. The van der Waals surface area contributed by atoms with Gasteiger partial charge in [0.1, 0.15) is 0 Å². The van der Waals surface area contributed by atoms with Gasteiger partial charge in [-0.05, 0) is 101 Å². The molecule has 0 spiro atoms. The lowest BCUT2D eigenvalue weighted by atomic mass is 9.87. The van der Waals surface area contributed by atoms with E-state index in [4.69, 9.17) is 0 Å². The Hall–Kier alpha value is -2.66. The van der Waals surface area contributed by atoms with Crippen LogP contribution in [0.2, 0.25) is 0 Å². The molecule has 1 amide bonds. The normalized spacial score (nSPS) is 15.6. The van der Waals surface area contributed by atoms with E-state index in [2.05, 4.69) is 78.2 Å². The van der Waals surface area contributed by atoms with Gasteiger partial charge in [-0.1, -0.05) is 19.9 Å². The fraction of sp³-hybridized carbons (Fsp3) is 0.500. The summed E-state index contributed by atoms with van der Waals surface area (Å²) in [6.07, 6.45) is 2.19. The van der Waals surface area contributed by atoms with E-state index in [-0.39, 0.29) is 11.9 Å². The smallest absolute Gasteiger partial charge is 0.234 e. The molecule has 3 aromatic rings. The molecule has 0 saturated carbocycles. The van der Waals surface area contributed by atoms with Crippen LogP contribution in [0.4, 0.5) is 0 Å². The number of aromatic nitrogens is 2. The Morgan fingerprint density at radius 3 is 2.36 bits per heavy atom. The van der Waals surface area contributed by atoms with Crippen LogP contribution in [0, 0.1) is 13.8 Å². The molecule has 33 heavy (non-hydrogen) atoms. The average molecular weight is 447 g/mol. The van der Waals surface area contributed by atoms with E-state index < -0.39 is 0 Å². The molecule has 5 nitrogen and oxygen atoms in total. The first-order valence-corrected chi connectivity index (χ1v) is 12.3. The number of nitrogens with one attached hydrogen (secondary N) is 2. The Labute approximate surface area is 198 Å². The summed E-state index contributed by atoms with van der Waals surface area (Å²) < 4.78 is 0. The highest BCUT2D eigenvalue weighted by Gasteiger charge is 2.24. The molecule has 1 aliphatic rings. The molecule has 4 rings (SSSR count). The van der Waals surface area contributed by atoms with Crippen LogP contribution in [-0.4, -0.2) is 46.5 Å². The van der Waals surface area contributed by atoms with Crippen LogP contribution in [0.3, 0.4) is 0 Å². The van der Waals surface area contributed by atoms with Crippen molar-refractivity contribution in [3.63, 3.8) is 0 Å². The topological polar surface area (TPSA) is 61.0 Å². The number of fused-ring (bicyclic) bond motifs is 1. The van der Waals surface area contributed by atoms with Crippen LogP contribution in [0.1, 0.15) is 74.9 Å². The predicted molar refractivity (Wildman–Crippen MR) is 137 cm³/mol. The van der Waals surface area contributed by atoms with Crippen LogP contribution in [-0.2, 0) is 4.79 Å². The molecule has 176 valence electrons. The Bertz CT molecular complexity index is 1120. The molecule has 0 aliphatic carbocycles. The maximum absolute atomic E-state index is 12.1. The Morgan fingerprint density at radius 1 is 1.09 bits per heavy atom. The van der Waals surface area contributed by atoms with E-state index >= 15 is 0 Å². The quantitative estimate of drug-likeness (QED) is 0.512. The van der Waals surface area contributed by atoms with Crippen LogP contribution in [0.5, 0.6) is 0 Å². The number of aryl methyl sites for hydroxylation is 2. The van der Waals surface area contributed by atoms with Crippen molar-refractivity contribution in [3.8, 4) is 11.3 Å². The molecule has 1 aromatic carbocycles. The minimum Gasteiger partial charge on any atom is -0.354 e. The third-order valence-electron chi connectivity index (χ3n) is 6.69. The number of carbonyl (C=O) groups excluding carboxylic acids is 1. The average Bonchev–Trinajstić information content (AvgIpc) is 3.12. The molecule has 0 radical (unpaired) electrons. The summed E-state index contributed by atoms with van der Waals surface area (Å²) in [7, 11) is 0. The van der Waals surface area contributed by atoms with Crippen molar-refractivity contribution in [2.75, 3.05) is 19.6 Å². The SMILES string of the molecule is Cc1cc(-c2[nH]c3ccc(C4CCN(CC(=O)NC(C)C)CC4)cc3c2C(C)C)cc(C)n1. The van der Waals surface area contributed by atoms with Crippen molar-refractivity contribution in [2.45, 2.75) is 72.3 Å². The summed E-state index contributed by atoms with van der Waals surface area (Å²) in [4.78, 5) is 22.7. The van der Waals surface area contributed by atoms with E-state index in [1.807, 2.05) is 13.8 Å². The van der Waals surface area contributed by atoms with Gasteiger partial charge >= 0.3 is 0 Å². The molecule has 2 N–H and O–H groups in total. The van der Waals surface area contributed by atoms with E-state index in [0.717, 1.165) is 37.3 Å². The van der Waals surface area contributed by atoms with Crippen LogP contribution in [0.25, 0.3) is 22.2 Å². The van der Waals surface area contributed by atoms with Crippen LogP contribution in [0.15, 0.2) is 30.3 Å². The molecule has 2 aromatic heterocycles. The van der Waals surface area contributed by atoms with Gasteiger partial charge in [0, 0.05) is 33.9 Å². The van der Waals surface area contributed by atoms with Gasteiger partial charge in [-0.2, -0.15) is 0 Å². The summed E-state index contributed by atoms with van der Waals surface area (Å²) >= 11 is 0. The molecular formula is C28H38N4O. The summed E-state index contributed by atoms with van der Waals surface area (Å²) in [6.45, 7) is 15.1. The second-order valence-electron chi connectivity index (χ2n) is 10.3. The van der Waals surface area contributed by atoms with Gasteiger partial charge in [0.15, 0.2) is 0 Å². The molecule has 1 fully saturated rings. The third kappa shape index (κ3) is 5.30. The number of hydrogen-bond acceptors (Lipinski definition) is 3. The number of benzene rings is 1. The van der Waals surface area contributed by atoms with E-state index in [0.29, 0.717) is 18.4 Å². The number of likely N-dealkylation sites (tertiary alicyclic amines) is 1. The van der Waals surface area contributed by atoms with Crippen molar-refractivity contribution in [1.29, 1.82) is 0 Å². The first-order chi connectivity index (χ1) is 15.7. The first kappa shape index (κ1) is 23.5. The summed E-state index contributed by atoms with van der Waals surface area (Å²) in [5.74, 6) is 1.09. The second kappa shape index (κ2) is 9.68. The molecule has 5 heteroatoms. The van der Waals surface area contributed by atoms with Crippen molar-refractivity contribution < 1.29 is 4.79 Å². The Kier molecular flexibility index (Phi) is 6.89. The predicted octanol–water partition coefficient (Wildman–Crippen LogP) is 5.67. The fourth-order valence-corrected chi connectivity index (χ4v) is 5.29. The number of nitrogens with zero attached hydrogens (tertiary/aromatic N) is 2. The van der Waals surface area contributed by atoms with Crippen LogP contribution < -0.4 is 5.32 Å². The number of rotatable bonds is 6. The standard InChI is InChI=1S/C28H38N4O/c1-17(2)27-24-15-22(21-9-11-32(12-10-21)16-26(33)29-18(3)4)7-8-25(24)31-28(27)23-13-19(5)30-20(6)14-23/h7-8,13-15,17-18,21,31H,9-12,16H2,1-6H3,(H,29,33). The molecule has 0 bridgehead atoms. The first-order valence-electron chi connectivity index (χ1n) is 12.3. The van der Waals surface area contributed by atoms with E-state index in [1.165, 1.54) is 33.3 Å². The molecular weight excluding hydrogens is 408 g/mol.